The zero-order valence-corrected chi connectivity index (χ0v) is 26.1. The van der Waals surface area contributed by atoms with Crippen molar-refractivity contribution in [2.75, 3.05) is 0 Å². The topological polar surface area (TPSA) is 51.6 Å². The lowest BCUT2D eigenvalue weighted by Crippen LogP contribution is -1.97. The maximum atomic E-state index is 5.18. The molecule has 0 N–H and O–H groups in total. The van der Waals surface area contributed by atoms with Crippen molar-refractivity contribution in [1.29, 1.82) is 0 Å². The molecule has 5 aromatic carbocycles. The highest BCUT2D eigenvalue weighted by Crippen LogP contribution is 2.34. The van der Waals surface area contributed by atoms with E-state index in [1.165, 1.54) is 11.1 Å². The second-order valence-electron chi connectivity index (χ2n) is 11.6. The van der Waals surface area contributed by atoms with Gasteiger partial charge in [0.25, 0.3) is 0 Å². The molecule has 0 radical (unpaired) electrons. The smallest absolute Gasteiger partial charge is 0.160 e. The van der Waals surface area contributed by atoms with Crippen LogP contribution in [0.1, 0.15) is 0 Å². The normalized spacial score (nSPS) is 10.9. The summed E-state index contributed by atoms with van der Waals surface area (Å²) in [4.78, 5) is 19.7. The van der Waals surface area contributed by atoms with E-state index in [9.17, 15) is 0 Å². The van der Waals surface area contributed by atoms with Crippen LogP contribution in [0.4, 0.5) is 0 Å². The molecule has 0 aliphatic carbocycles. The van der Waals surface area contributed by atoms with E-state index in [4.69, 9.17) is 9.97 Å². The maximum absolute atomic E-state index is 5.18. The van der Waals surface area contributed by atoms with Gasteiger partial charge in [0.05, 0.1) is 22.8 Å². The Kier molecular flexibility index (Phi) is 7.87. The number of hydrogen-bond donors (Lipinski definition) is 0. The third-order valence-corrected chi connectivity index (χ3v) is 8.41. The van der Waals surface area contributed by atoms with Crippen LogP contribution in [0.25, 0.3) is 78.7 Å². The number of aromatic nitrogens is 4. The summed E-state index contributed by atoms with van der Waals surface area (Å²) in [6.07, 6.45) is 3.63. The molecule has 0 aliphatic rings. The molecule has 3 aromatic heterocycles. The van der Waals surface area contributed by atoms with Crippen molar-refractivity contribution in [1.82, 2.24) is 19.9 Å². The summed E-state index contributed by atoms with van der Waals surface area (Å²) in [5.74, 6) is 0.636. The summed E-state index contributed by atoms with van der Waals surface area (Å²) in [6.45, 7) is 0. The van der Waals surface area contributed by atoms with E-state index in [0.29, 0.717) is 5.82 Å². The number of benzene rings is 5. The van der Waals surface area contributed by atoms with Gasteiger partial charge in [0.15, 0.2) is 5.82 Å². The SMILES string of the molecule is c1ccc(-c2ccc(-c3cc(-c4ccc(-c5ccccc5)cc4)nc(-c4cc(-c5ccccn5)cc(-c5ccccn5)c4)n3)cc2)cc1. The third-order valence-electron chi connectivity index (χ3n) is 8.41. The highest BCUT2D eigenvalue weighted by Gasteiger charge is 2.15. The molecule has 0 amide bonds. The highest BCUT2D eigenvalue weighted by molar-refractivity contribution is 5.80. The van der Waals surface area contributed by atoms with Crippen molar-refractivity contribution < 1.29 is 0 Å². The summed E-state index contributed by atoms with van der Waals surface area (Å²) < 4.78 is 0. The summed E-state index contributed by atoms with van der Waals surface area (Å²) in [5, 5.41) is 0. The Morgan fingerprint density at radius 3 is 1.04 bits per heavy atom. The minimum absolute atomic E-state index is 0.636. The first-order valence-corrected chi connectivity index (χ1v) is 16.0. The van der Waals surface area contributed by atoms with Crippen molar-refractivity contribution in [3.63, 3.8) is 0 Å². The van der Waals surface area contributed by atoms with Crippen LogP contribution in [0, 0.1) is 0 Å². The van der Waals surface area contributed by atoms with Gasteiger partial charge in [-0.05, 0) is 70.8 Å². The first-order valence-electron chi connectivity index (χ1n) is 16.0. The lowest BCUT2D eigenvalue weighted by Gasteiger charge is -2.13. The zero-order valence-electron chi connectivity index (χ0n) is 26.1. The second kappa shape index (κ2) is 13.1. The second-order valence-corrected chi connectivity index (χ2v) is 11.6. The van der Waals surface area contributed by atoms with E-state index >= 15 is 0 Å². The molecule has 8 aromatic rings. The molecule has 4 heteroatoms. The minimum atomic E-state index is 0.636. The highest BCUT2D eigenvalue weighted by atomic mass is 14.9. The van der Waals surface area contributed by atoms with Crippen molar-refractivity contribution in [3.05, 3.63) is 182 Å². The van der Waals surface area contributed by atoms with Crippen molar-refractivity contribution in [2.24, 2.45) is 0 Å². The lowest BCUT2D eigenvalue weighted by atomic mass is 9.99. The molecule has 3 heterocycles. The van der Waals surface area contributed by atoms with Crippen LogP contribution in [0.15, 0.2) is 182 Å². The van der Waals surface area contributed by atoms with Gasteiger partial charge in [-0.2, -0.15) is 0 Å². The molecule has 0 unspecified atom stereocenters. The fourth-order valence-electron chi connectivity index (χ4n) is 5.92. The Balaban J connectivity index is 1.28. The molecule has 0 fully saturated rings. The molecule has 0 aliphatic heterocycles. The Morgan fingerprint density at radius 2 is 0.625 bits per heavy atom. The van der Waals surface area contributed by atoms with Crippen LogP contribution >= 0.6 is 0 Å². The summed E-state index contributed by atoms with van der Waals surface area (Å²) >= 11 is 0. The Bertz CT molecular complexity index is 2130. The van der Waals surface area contributed by atoms with E-state index in [1.807, 2.05) is 60.9 Å². The molecule has 0 saturated heterocycles. The Morgan fingerprint density at radius 1 is 0.250 bits per heavy atom. The molecule has 8 rings (SSSR count). The van der Waals surface area contributed by atoms with Crippen molar-refractivity contribution in [3.8, 4) is 78.7 Å². The first kappa shape index (κ1) is 28.9. The average Bonchev–Trinajstić information content (AvgIpc) is 3.19. The average molecular weight is 615 g/mol. The summed E-state index contributed by atoms with van der Waals surface area (Å²) in [7, 11) is 0. The van der Waals surface area contributed by atoms with Gasteiger partial charge in [0.2, 0.25) is 0 Å². The van der Waals surface area contributed by atoms with Gasteiger partial charge >= 0.3 is 0 Å². The fraction of sp³-hybridized carbons (Fsp3) is 0. The summed E-state index contributed by atoms with van der Waals surface area (Å²) in [5.41, 5.74) is 13.0. The van der Waals surface area contributed by atoms with E-state index in [-0.39, 0.29) is 0 Å². The number of pyridine rings is 2. The molecule has 0 bridgehead atoms. The van der Waals surface area contributed by atoms with Gasteiger partial charge in [-0.3, -0.25) is 9.97 Å². The van der Waals surface area contributed by atoms with Crippen LogP contribution in [0.3, 0.4) is 0 Å². The lowest BCUT2D eigenvalue weighted by molar-refractivity contribution is 1.18. The van der Waals surface area contributed by atoms with Crippen LogP contribution in [-0.4, -0.2) is 19.9 Å². The van der Waals surface area contributed by atoms with Crippen LogP contribution < -0.4 is 0 Å². The molecule has 0 spiro atoms. The van der Waals surface area contributed by atoms with Gasteiger partial charge in [0, 0.05) is 40.2 Å². The molecule has 226 valence electrons. The Hall–Kier alpha value is -6.52. The quantitative estimate of drug-likeness (QED) is 0.179. The van der Waals surface area contributed by atoms with Gasteiger partial charge < -0.3 is 0 Å². The van der Waals surface area contributed by atoms with E-state index in [0.717, 1.165) is 61.7 Å². The fourth-order valence-corrected chi connectivity index (χ4v) is 5.92. The van der Waals surface area contributed by atoms with Crippen LogP contribution in [-0.2, 0) is 0 Å². The van der Waals surface area contributed by atoms with Crippen molar-refractivity contribution in [2.45, 2.75) is 0 Å². The molecule has 4 nitrogen and oxygen atoms in total. The van der Waals surface area contributed by atoms with Gasteiger partial charge in [0.1, 0.15) is 0 Å². The zero-order chi connectivity index (χ0) is 32.1. The first-order chi connectivity index (χ1) is 23.8. The minimum Gasteiger partial charge on any atom is -0.256 e. The summed E-state index contributed by atoms with van der Waals surface area (Å²) in [6, 6.07) is 58.4. The molecule has 0 saturated carbocycles. The van der Waals surface area contributed by atoms with E-state index in [2.05, 4.69) is 131 Å². The van der Waals surface area contributed by atoms with Crippen LogP contribution in [0.5, 0.6) is 0 Å². The molecule has 0 atom stereocenters. The van der Waals surface area contributed by atoms with Crippen molar-refractivity contribution >= 4 is 0 Å². The maximum Gasteiger partial charge on any atom is 0.160 e. The standard InChI is InChI=1S/C44H30N4/c1-3-11-31(12-4-1)33-17-21-35(22-18-33)42-30-43(36-23-19-34(20-24-36)32-13-5-2-6-14-32)48-44(47-42)39-28-37(40-15-7-9-25-45-40)27-38(29-39)41-16-8-10-26-46-41/h1-30H. The Labute approximate surface area is 280 Å². The van der Waals surface area contributed by atoms with Gasteiger partial charge in [-0.25, -0.2) is 9.97 Å². The molecular weight excluding hydrogens is 585 g/mol. The number of rotatable bonds is 7. The van der Waals surface area contributed by atoms with E-state index < -0.39 is 0 Å². The van der Waals surface area contributed by atoms with Crippen LogP contribution in [0.2, 0.25) is 0 Å². The predicted molar refractivity (Wildman–Crippen MR) is 196 cm³/mol. The molecular formula is C44H30N4. The largest absolute Gasteiger partial charge is 0.256 e. The molecule has 48 heavy (non-hydrogen) atoms. The van der Waals surface area contributed by atoms with Gasteiger partial charge in [-0.1, -0.05) is 121 Å². The number of nitrogens with zero attached hydrogens (tertiary/aromatic N) is 4. The third kappa shape index (κ3) is 6.15. The number of hydrogen-bond acceptors (Lipinski definition) is 4. The van der Waals surface area contributed by atoms with Gasteiger partial charge in [-0.15, -0.1) is 0 Å². The van der Waals surface area contributed by atoms with E-state index in [1.54, 1.807) is 0 Å². The monoisotopic (exact) mass is 614 g/mol. The predicted octanol–water partition coefficient (Wildman–Crippen LogP) is 10.9.